The van der Waals surface area contributed by atoms with E-state index in [1.165, 1.54) is 12.1 Å². The molecular formula is C24H26ClFN2O2S. The lowest BCUT2D eigenvalue weighted by Gasteiger charge is -2.32. The maximum atomic E-state index is 13.3. The van der Waals surface area contributed by atoms with E-state index in [1.54, 1.807) is 23.9 Å². The van der Waals surface area contributed by atoms with Crippen LogP contribution in [0.3, 0.4) is 0 Å². The minimum Gasteiger partial charge on any atom is -0.378 e. The maximum Gasteiger partial charge on any atom is 0.240 e. The molecule has 0 bridgehead atoms. The van der Waals surface area contributed by atoms with Crippen molar-refractivity contribution < 1.29 is 13.9 Å². The topological polar surface area (TPSA) is 32.8 Å². The van der Waals surface area contributed by atoms with E-state index in [9.17, 15) is 9.18 Å². The summed E-state index contributed by atoms with van der Waals surface area (Å²) in [6.07, 6.45) is 2.70. The highest BCUT2D eigenvalue weighted by atomic mass is 35.5. The Morgan fingerprint density at radius 1 is 1.13 bits per heavy atom. The van der Waals surface area contributed by atoms with Crippen molar-refractivity contribution in [1.29, 1.82) is 0 Å². The molecule has 4 nitrogen and oxygen atoms in total. The van der Waals surface area contributed by atoms with Crippen LogP contribution < -0.4 is 0 Å². The van der Waals surface area contributed by atoms with Gasteiger partial charge < -0.3 is 9.64 Å². The molecule has 0 unspecified atom stereocenters. The number of morpholine rings is 1. The number of benzene rings is 2. The number of rotatable bonds is 6. The number of hydrogen-bond acceptors (Lipinski definition) is 4. The molecule has 1 amide bonds. The monoisotopic (exact) mass is 460 g/mol. The molecule has 2 aromatic carbocycles. The Morgan fingerprint density at radius 3 is 2.55 bits per heavy atom. The van der Waals surface area contributed by atoms with Crippen molar-refractivity contribution in [3.8, 4) is 0 Å². The van der Waals surface area contributed by atoms with Crippen molar-refractivity contribution in [3.63, 3.8) is 0 Å². The summed E-state index contributed by atoms with van der Waals surface area (Å²) in [6.45, 7) is 3.71. The van der Waals surface area contributed by atoms with E-state index in [0.717, 1.165) is 23.4 Å². The largest absolute Gasteiger partial charge is 0.378 e. The predicted octanol–water partition coefficient (Wildman–Crippen LogP) is 4.50. The summed E-state index contributed by atoms with van der Waals surface area (Å²) in [4.78, 5) is 18.4. The second kappa shape index (κ2) is 10.6. The SMILES string of the molecule is O=C([C@@H]1C[C@@H](Sc2ccc(F)cc2)CN1CC(Cl)=Cc1ccccc1)N1CCOCC1. The van der Waals surface area contributed by atoms with Gasteiger partial charge in [0.25, 0.3) is 0 Å². The number of halogens is 2. The Balaban J connectivity index is 1.48. The van der Waals surface area contributed by atoms with Crippen LogP contribution in [-0.4, -0.2) is 66.4 Å². The molecule has 0 aliphatic carbocycles. The second-order valence-corrected chi connectivity index (χ2v) is 9.67. The van der Waals surface area contributed by atoms with Crippen LogP contribution >= 0.6 is 23.4 Å². The molecule has 4 rings (SSSR count). The van der Waals surface area contributed by atoms with Gasteiger partial charge >= 0.3 is 0 Å². The number of nitrogens with zero attached hydrogens (tertiary/aromatic N) is 2. The number of thioether (sulfide) groups is 1. The quantitative estimate of drug-likeness (QED) is 0.635. The van der Waals surface area contributed by atoms with Crippen molar-refractivity contribution in [2.24, 2.45) is 0 Å². The summed E-state index contributed by atoms with van der Waals surface area (Å²) in [7, 11) is 0. The number of amides is 1. The minimum atomic E-state index is -0.240. The van der Waals surface area contributed by atoms with Gasteiger partial charge in [0.1, 0.15) is 5.82 Å². The van der Waals surface area contributed by atoms with Crippen LogP contribution in [0.2, 0.25) is 0 Å². The third-order valence-electron chi connectivity index (χ3n) is 5.57. The van der Waals surface area contributed by atoms with Crippen molar-refractivity contribution in [2.75, 3.05) is 39.4 Å². The fourth-order valence-corrected chi connectivity index (χ4v) is 5.55. The Morgan fingerprint density at radius 2 is 1.84 bits per heavy atom. The van der Waals surface area contributed by atoms with Crippen molar-refractivity contribution in [2.45, 2.75) is 22.6 Å². The number of hydrogen-bond donors (Lipinski definition) is 0. The minimum absolute atomic E-state index is 0.148. The van der Waals surface area contributed by atoms with Gasteiger partial charge in [-0.25, -0.2) is 4.39 Å². The molecule has 2 heterocycles. The van der Waals surface area contributed by atoms with Gasteiger partial charge in [-0.05, 0) is 42.3 Å². The van der Waals surface area contributed by atoms with Crippen LogP contribution in [0.5, 0.6) is 0 Å². The Hall–Kier alpha value is -1.86. The first kappa shape index (κ1) is 22.3. The first-order valence-electron chi connectivity index (χ1n) is 10.5. The van der Waals surface area contributed by atoms with E-state index in [-0.39, 0.29) is 23.0 Å². The first-order chi connectivity index (χ1) is 15.1. The summed E-state index contributed by atoms with van der Waals surface area (Å²) in [6, 6.07) is 16.3. The molecular weight excluding hydrogens is 435 g/mol. The van der Waals surface area contributed by atoms with E-state index in [1.807, 2.05) is 41.3 Å². The molecule has 0 N–H and O–H groups in total. The molecule has 0 aromatic heterocycles. The highest BCUT2D eigenvalue weighted by molar-refractivity contribution is 8.00. The lowest BCUT2D eigenvalue weighted by Crippen LogP contribution is -2.49. The van der Waals surface area contributed by atoms with Crippen LogP contribution in [-0.2, 0) is 9.53 Å². The normalized spacial score (nSPS) is 22.6. The second-order valence-electron chi connectivity index (χ2n) is 7.81. The molecule has 0 radical (unpaired) electrons. The van der Waals surface area contributed by atoms with Crippen LogP contribution in [0, 0.1) is 5.82 Å². The summed E-state index contributed by atoms with van der Waals surface area (Å²) in [5, 5.41) is 0.944. The molecule has 31 heavy (non-hydrogen) atoms. The van der Waals surface area contributed by atoms with Gasteiger partial charge in [-0.2, -0.15) is 0 Å². The summed E-state index contributed by atoms with van der Waals surface area (Å²) < 4.78 is 18.7. The van der Waals surface area contributed by atoms with E-state index < -0.39 is 0 Å². The van der Waals surface area contributed by atoms with E-state index in [2.05, 4.69) is 4.90 Å². The smallest absolute Gasteiger partial charge is 0.240 e. The van der Waals surface area contributed by atoms with E-state index in [0.29, 0.717) is 37.9 Å². The number of carbonyl (C=O) groups excluding carboxylic acids is 1. The van der Waals surface area contributed by atoms with Gasteiger partial charge in [0.2, 0.25) is 5.91 Å². The summed E-state index contributed by atoms with van der Waals surface area (Å²) >= 11 is 8.30. The number of ether oxygens (including phenoxy) is 1. The van der Waals surface area contributed by atoms with Gasteiger partial charge in [0.05, 0.1) is 19.3 Å². The molecule has 2 aliphatic heterocycles. The summed E-state index contributed by atoms with van der Waals surface area (Å²) in [5.74, 6) is -0.0923. The van der Waals surface area contributed by atoms with Gasteiger partial charge in [-0.1, -0.05) is 41.9 Å². The van der Waals surface area contributed by atoms with Crippen LogP contribution in [0.1, 0.15) is 12.0 Å². The van der Waals surface area contributed by atoms with Gasteiger partial charge in [0.15, 0.2) is 0 Å². The molecule has 164 valence electrons. The molecule has 2 aliphatic rings. The molecule has 0 spiro atoms. The van der Waals surface area contributed by atoms with Gasteiger partial charge in [-0.15, -0.1) is 11.8 Å². The molecule has 2 aromatic rings. The van der Waals surface area contributed by atoms with Crippen molar-refractivity contribution in [1.82, 2.24) is 9.80 Å². The summed E-state index contributed by atoms with van der Waals surface area (Å²) in [5.41, 5.74) is 1.04. The number of likely N-dealkylation sites (tertiary alicyclic amines) is 1. The third-order valence-corrected chi connectivity index (χ3v) is 7.01. The predicted molar refractivity (Wildman–Crippen MR) is 124 cm³/mol. The zero-order valence-corrected chi connectivity index (χ0v) is 18.8. The molecule has 2 atom stereocenters. The fourth-order valence-electron chi connectivity index (χ4n) is 4.05. The van der Waals surface area contributed by atoms with Crippen molar-refractivity contribution >= 4 is 35.3 Å². The standard InChI is InChI=1S/C24H26ClFN2O2S/c25-19(14-18-4-2-1-3-5-18)16-28-17-22(31-21-8-6-20(26)7-9-21)15-23(28)24(29)27-10-12-30-13-11-27/h1-9,14,22-23H,10-13,15-17H2/t22-,23+/m1/s1. The highest BCUT2D eigenvalue weighted by Gasteiger charge is 2.39. The zero-order chi connectivity index (χ0) is 21.6. The van der Waals surface area contributed by atoms with Gasteiger partial charge in [-0.3, -0.25) is 9.69 Å². The average Bonchev–Trinajstić information content (AvgIpc) is 3.18. The fraction of sp³-hybridized carbons (Fsp3) is 0.375. The molecule has 2 fully saturated rings. The van der Waals surface area contributed by atoms with E-state index >= 15 is 0 Å². The van der Waals surface area contributed by atoms with Crippen molar-refractivity contribution in [3.05, 3.63) is 71.0 Å². The zero-order valence-electron chi connectivity index (χ0n) is 17.3. The maximum absolute atomic E-state index is 13.3. The van der Waals surface area contributed by atoms with Crippen LogP contribution in [0.25, 0.3) is 6.08 Å². The number of carbonyl (C=O) groups is 1. The molecule has 0 saturated carbocycles. The Bertz CT molecular complexity index is 904. The Kier molecular flexibility index (Phi) is 7.67. The average molecular weight is 461 g/mol. The van der Waals surface area contributed by atoms with Gasteiger partial charge in [0, 0.05) is 41.4 Å². The third kappa shape index (κ3) is 6.10. The van der Waals surface area contributed by atoms with E-state index in [4.69, 9.17) is 16.3 Å². The molecule has 7 heteroatoms. The van der Waals surface area contributed by atoms with Crippen LogP contribution in [0.4, 0.5) is 4.39 Å². The lowest BCUT2D eigenvalue weighted by atomic mass is 10.1. The molecule has 2 saturated heterocycles. The highest BCUT2D eigenvalue weighted by Crippen LogP contribution is 2.34. The lowest BCUT2D eigenvalue weighted by molar-refractivity contribution is -0.139. The Labute approximate surface area is 192 Å². The first-order valence-corrected chi connectivity index (χ1v) is 11.8. The van der Waals surface area contributed by atoms with Crippen LogP contribution in [0.15, 0.2) is 64.5 Å².